The van der Waals surface area contributed by atoms with Gasteiger partial charge in [0.2, 0.25) is 0 Å². The molecule has 0 unspecified atom stereocenters. The SMILES string of the molecule is CC1(C)OC(=O)[C@@]2(COc3ccc4c(=O)cc(-c5ccccc5)oc4c32)[C@H]1O. The van der Waals surface area contributed by atoms with E-state index in [1.807, 2.05) is 30.3 Å². The summed E-state index contributed by atoms with van der Waals surface area (Å²) in [5.74, 6) is 0.215. The van der Waals surface area contributed by atoms with E-state index >= 15 is 0 Å². The van der Waals surface area contributed by atoms with E-state index in [1.165, 1.54) is 6.07 Å². The van der Waals surface area contributed by atoms with Gasteiger partial charge in [0.25, 0.3) is 0 Å². The monoisotopic (exact) mass is 378 g/mol. The van der Waals surface area contributed by atoms with E-state index in [0.29, 0.717) is 22.5 Å². The molecular weight excluding hydrogens is 360 g/mol. The summed E-state index contributed by atoms with van der Waals surface area (Å²) < 4.78 is 17.3. The van der Waals surface area contributed by atoms with Crippen LogP contribution >= 0.6 is 0 Å². The van der Waals surface area contributed by atoms with Gasteiger partial charge in [-0.3, -0.25) is 9.59 Å². The number of hydrogen-bond acceptors (Lipinski definition) is 6. The van der Waals surface area contributed by atoms with Crippen LogP contribution in [0.1, 0.15) is 19.4 Å². The lowest BCUT2D eigenvalue weighted by Gasteiger charge is -2.26. The van der Waals surface area contributed by atoms with Gasteiger partial charge in [-0.25, -0.2) is 0 Å². The lowest BCUT2D eigenvalue weighted by atomic mass is 9.74. The molecule has 1 aromatic heterocycles. The number of hydrogen-bond donors (Lipinski definition) is 1. The maximum atomic E-state index is 12.9. The lowest BCUT2D eigenvalue weighted by Crippen LogP contribution is -2.47. The average Bonchev–Trinajstić information content (AvgIpc) is 3.15. The minimum Gasteiger partial charge on any atom is -0.491 e. The maximum Gasteiger partial charge on any atom is 0.323 e. The molecule has 1 N–H and O–H groups in total. The molecule has 5 rings (SSSR count). The van der Waals surface area contributed by atoms with E-state index < -0.39 is 23.1 Å². The van der Waals surface area contributed by atoms with Gasteiger partial charge in [0.05, 0.1) is 10.9 Å². The highest BCUT2D eigenvalue weighted by Crippen LogP contribution is 2.52. The highest BCUT2D eigenvalue weighted by atomic mass is 16.6. The molecule has 6 nitrogen and oxygen atoms in total. The van der Waals surface area contributed by atoms with Crippen molar-refractivity contribution >= 4 is 16.9 Å². The molecule has 2 aromatic carbocycles. The number of fused-ring (bicyclic) bond motifs is 4. The van der Waals surface area contributed by atoms with Gasteiger partial charge in [0.1, 0.15) is 35.4 Å². The van der Waals surface area contributed by atoms with Crippen molar-refractivity contribution < 1.29 is 23.8 Å². The molecule has 0 radical (unpaired) electrons. The Morgan fingerprint density at radius 1 is 1.07 bits per heavy atom. The topological polar surface area (TPSA) is 86.0 Å². The third-order valence-corrected chi connectivity index (χ3v) is 5.66. The van der Waals surface area contributed by atoms with Crippen LogP contribution in [-0.2, 0) is 14.9 Å². The van der Waals surface area contributed by atoms with Crippen molar-refractivity contribution in [1.29, 1.82) is 0 Å². The molecule has 3 heterocycles. The van der Waals surface area contributed by atoms with E-state index in [1.54, 1.807) is 26.0 Å². The van der Waals surface area contributed by atoms with Crippen LogP contribution in [0.5, 0.6) is 5.75 Å². The fourth-order valence-corrected chi connectivity index (χ4v) is 4.22. The number of aliphatic hydroxyl groups is 1. The molecule has 1 fully saturated rings. The summed E-state index contributed by atoms with van der Waals surface area (Å²) in [6, 6.07) is 13.9. The number of rotatable bonds is 1. The molecule has 0 saturated carbocycles. The molecule has 0 aliphatic carbocycles. The normalized spacial score (nSPS) is 25.0. The van der Waals surface area contributed by atoms with E-state index in [2.05, 4.69) is 0 Å². The van der Waals surface area contributed by atoms with Crippen LogP contribution in [0.3, 0.4) is 0 Å². The van der Waals surface area contributed by atoms with Crippen molar-refractivity contribution in [3.8, 4) is 17.1 Å². The second-order valence-electron chi connectivity index (χ2n) is 7.81. The number of cyclic esters (lactones) is 1. The van der Waals surface area contributed by atoms with Crippen molar-refractivity contribution in [3.63, 3.8) is 0 Å². The summed E-state index contributed by atoms with van der Waals surface area (Å²) in [6.07, 6.45) is -1.15. The molecule has 0 amide bonds. The predicted octanol–water partition coefficient (Wildman–Crippen LogP) is 2.79. The fourth-order valence-electron chi connectivity index (χ4n) is 4.22. The van der Waals surface area contributed by atoms with Crippen molar-refractivity contribution in [2.45, 2.75) is 31.0 Å². The quantitative estimate of drug-likeness (QED) is 0.656. The molecule has 6 heteroatoms. The second-order valence-corrected chi connectivity index (χ2v) is 7.81. The fraction of sp³-hybridized carbons (Fsp3) is 0.273. The number of ether oxygens (including phenoxy) is 2. The van der Waals surface area contributed by atoms with Crippen LogP contribution in [0.2, 0.25) is 0 Å². The first kappa shape index (κ1) is 17.0. The zero-order valence-corrected chi connectivity index (χ0v) is 15.4. The molecule has 1 spiro atoms. The molecule has 2 aliphatic heterocycles. The van der Waals surface area contributed by atoms with Gasteiger partial charge in [-0.15, -0.1) is 0 Å². The largest absolute Gasteiger partial charge is 0.491 e. The standard InChI is InChI=1S/C22H18O6/c1-21(2)19(24)22(20(25)28-21)11-26-15-9-8-13-14(23)10-16(27-18(13)17(15)22)12-6-4-3-5-7-12/h3-10,19,24H,11H2,1-2H3/t19-,22+/m0/s1. The molecule has 0 bridgehead atoms. The highest BCUT2D eigenvalue weighted by Gasteiger charge is 2.66. The van der Waals surface area contributed by atoms with Gasteiger partial charge < -0.3 is 19.0 Å². The zero-order chi connectivity index (χ0) is 19.7. The van der Waals surface area contributed by atoms with Crippen LogP contribution in [0.25, 0.3) is 22.3 Å². The van der Waals surface area contributed by atoms with Gasteiger partial charge in [-0.05, 0) is 26.0 Å². The van der Waals surface area contributed by atoms with Crippen LogP contribution < -0.4 is 10.2 Å². The first-order chi connectivity index (χ1) is 13.3. The van der Waals surface area contributed by atoms with Crippen LogP contribution in [0.15, 0.2) is 57.7 Å². The Bertz CT molecular complexity index is 1180. The summed E-state index contributed by atoms with van der Waals surface area (Å²) in [5.41, 5.74) is -1.38. The Morgan fingerprint density at radius 2 is 1.82 bits per heavy atom. The van der Waals surface area contributed by atoms with Crippen LogP contribution in [-0.4, -0.2) is 29.4 Å². The highest BCUT2D eigenvalue weighted by molar-refractivity contribution is 5.96. The number of aliphatic hydroxyl groups excluding tert-OH is 1. The minimum absolute atomic E-state index is 0.0653. The molecule has 28 heavy (non-hydrogen) atoms. The second kappa shape index (κ2) is 5.45. The van der Waals surface area contributed by atoms with Crippen molar-refractivity contribution in [2.24, 2.45) is 0 Å². The molecular formula is C22H18O6. The zero-order valence-electron chi connectivity index (χ0n) is 15.4. The van der Waals surface area contributed by atoms with Crippen molar-refractivity contribution in [2.75, 3.05) is 6.61 Å². The van der Waals surface area contributed by atoms with Crippen molar-refractivity contribution in [1.82, 2.24) is 0 Å². The first-order valence-corrected chi connectivity index (χ1v) is 9.06. The Balaban J connectivity index is 1.84. The van der Waals surface area contributed by atoms with Gasteiger partial charge in [-0.2, -0.15) is 0 Å². The Hall–Kier alpha value is -3.12. The van der Waals surface area contributed by atoms with Gasteiger partial charge >= 0.3 is 5.97 Å². The number of esters is 1. The molecule has 3 aromatic rings. The molecule has 1 saturated heterocycles. The van der Waals surface area contributed by atoms with E-state index in [-0.39, 0.29) is 17.6 Å². The Kier molecular flexibility index (Phi) is 3.31. The Labute approximate surface area is 160 Å². The van der Waals surface area contributed by atoms with E-state index in [4.69, 9.17) is 13.9 Å². The summed E-state index contributed by atoms with van der Waals surface area (Å²) in [4.78, 5) is 25.7. The first-order valence-electron chi connectivity index (χ1n) is 9.06. The van der Waals surface area contributed by atoms with Crippen LogP contribution in [0.4, 0.5) is 0 Å². The molecule has 142 valence electrons. The predicted molar refractivity (Wildman–Crippen MR) is 101 cm³/mol. The third-order valence-electron chi connectivity index (χ3n) is 5.66. The van der Waals surface area contributed by atoms with E-state index in [9.17, 15) is 14.7 Å². The summed E-state index contributed by atoms with van der Waals surface area (Å²) in [6.45, 7) is 3.24. The molecule has 2 aliphatic rings. The Morgan fingerprint density at radius 3 is 2.50 bits per heavy atom. The number of benzene rings is 2. The van der Waals surface area contributed by atoms with Crippen LogP contribution in [0, 0.1) is 0 Å². The summed E-state index contributed by atoms with van der Waals surface area (Å²) in [5, 5.41) is 11.3. The summed E-state index contributed by atoms with van der Waals surface area (Å²) >= 11 is 0. The smallest absolute Gasteiger partial charge is 0.323 e. The maximum absolute atomic E-state index is 12.9. The van der Waals surface area contributed by atoms with Gasteiger partial charge in [0.15, 0.2) is 10.8 Å². The number of carbonyl (C=O) groups is 1. The average molecular weight is 378 g/mol. The van der Waals surface area contributed by atoms with E-state index in [0.717, 1.165) is 5.56 Å². The van der Waals surface area contributed by atoms with Gasteiger partial charge in [0, 0.05) is 11.6 Å². The molecule has 2 atom stereocenters. The van der Waals surface area contributed by atoms with Gasteiger partial charge in [-0.1, -0.05) is 30.3 Å². The summed E-state index contributed by atoms with van der Waals surface area (Å²) in [7, 11) is 0. The van der Waals surface area contributed by atoms with Crippen molar-refractivity contribution in [3.05, 3.63) is 64.3 Å². The third kappa shape index (κ3) is 2.06. The minimum atomic E-state index is -1.43. The lowest BCUT2D eigenvalue weighted by molar-refractivity contribution is -0.150. The number of carbonyl (C=O) groups excluding carboxylic acids is 1.